The van der Waals surface area contributed by atoms with E-state index in [2.05, 4.69) is 63.2 Å². The zero-order chi connectivity index (χ0) is 36.2. The summed E-state index contributed by atoms with van der Waals surface area (Å²) in [7, 11) is 0. The molecule has 10 heteroatoms. The predicted molar refractivity (Wildman–Crippen MR) is 207 cm³/mol. The van der Waals surface area contributed by atoms with Gasteiger partial charge in [0.2, 0.25) is 0 Å². The molecule has 2 bridgehead atoms. The van der Waals surface area contributed by atoms with E-state index < -0.39 is 5.60 Å². The maximum absolute atomic E-state index is 13.3. The lowest BCUT2D eigenvalue weighted by Crippen LogP contribution is -2.57. The molecular weight excluding hydrogens is 665 g/mol. The standard InChI is InChI=1S/C43H52N6O4/c1-42(2,3)53-41(50)49-32-15-16-33(49)26-47(25-32)39-36-17-22-46(27-37(36)44-40(45-39)52-29-43-18-9-20-48(43)21-10-19-43)38-24-34(23-31-13-7-8-14-35(31)38)51-28-30-11-5-4-6-12-30/h4-8,11-14,23-24,32-33H,9-10,15-22,25-29H2,1-3H3/t32-,33+. The quantitative estimate of drug-likeness (QED) is 0.186. The smallest absolute Gasteiger partial charge is 0.410 e. The molecule has 2 atom stereocenters. The minimum atomic E-state index is -0.524. The van der Waals surface area contributed by atoms with Gasteiger partial charge in [0, 0.05) is 42.3 Å². The normalized spacial score (nSPS) is 22.2. The summed E-state index contributed by atoms with van der Waals surface area (Å²) in [5, 5.41) is 2.35. The number of aromatic nitrogens is 2. The van der Waals surface area contributed by atoms with Gasteiger partial charge in [-0.1, -0.05) is 54.6 Å². The Labute approximate surface area is 313 Å². The summed E-state index contributed by atoms with van der Waals surface area (Å²) in [6.45, 7) is 12.2. The van der Waals surface area contributed by atoms with Gasteiger partial charge < -0.3 is 24.0 Å². The highest BCUT2D eigenvalue weighted by atomic mass is 16.6. The van der Waals surface area contributed by atoms with E-state index in [0.717, 1.165) is 85.9 Å². The highest BCUT2D eigenvalue weighted by Crippen LogP contribution is 2.41. The second kappa shape index (κ2) is 13.7. The number of carbonyl (C=O) groups excluding carboxylic acids is 1. The van der Waals surface area contributed by atoms with Crippen LogP contribution in [0.2, 0.25) is 0 Å². The zero-order valence-corrected chi connectivity index (χ0v) is 31.4. The van der Waals surface area contributed by atoms with Crippen molar-refractivity contribution in [1.82, 2.24) is 19.8 Å². The van der Waals surface area contributed by atoms with E-state index in [9.17, 15) is 4.79 Å². The number of rotatable bonds is 8. The van der Waals surface area contributed by atoms with Crippen molar-refractivity contribution in [2.24, 2.45) is 0 Å². The predicted octanol–water partition coefficient (Wildman–Crippen LogP) is 7.37. The molecule has 9 rings (SSSR count). The number of anilines is 2. The fourth-order valence-corrected chi connectivity index (χ4v) is 9.62. The van der Waals surface area contributed by atoms with E-state index in [1.165, 1.54) is 36.6 Å². The van der Waals surface area contributed by atoms with Crippen LogP contribution in [-0.4, -0.2) is 88.4 Å². The summed E-state index contributed by atoms with van der Waals surface area (Å²) in [4.78, 5) is 33.2. The van der Waals surface area contributed by atoms with E-state index in [-0.39, 0.29) is 23.7 Å². The molecule has 0 aliphatic carbocycles. The average Bonchev–Trinajstić information content (AvgIpc) is 3.82. The number of piperazine rings is 1. The van der Waals surface area contributed by atoms with E-state index in [1.54, 1.807) is 0 Å². The molecule has 0 N–H and O–H groups in total. The van der Waals surface area contributed by atoms with Crippen LogP contribution in [0, 0.1) is 0 Å². The Balaban J connectivity index is 1.03. The SMILES string of the molecule is CC(C)(C)OC(=O)N1[C@@H]2CC[C@H]1CN(c1nc(OCC34CCCN3CCC4)nc3c1CCN(c1cc(OCc4ccccc4)cc4ccccc14)C3)C2. The molecule has 3 aromatic carbocycles. The van der Waals surface area contributed by atoms with E-state index in [0.29, 0.717) is 25.8 Å². The van der Waals surface area contributed by atoms with Crippen molar-refractivity contribution in [3.8, 4) is 11.8 Å². The fraction of sp³-hybridized carbons (Fsp3) is 0.512. The monoisotopic (exact) mass is 716 g/mol. The van der Waals surface area contributed by atoms with Crippen LogP contribution in [0.1, 0.15) is 76.1 Å². The van der Waals surface area contributed by atoms with Gasteiger partial charge in [-0.15, -0.1) is 0 Å². The first-order valence-electron chi connectivity index (χ1n) is 19.7. The van der Waals surface area contributed by atoms with Crippen molar-refractivity contribution < 1.29 is 19.0 Å². The molecule has 6 heterocycles. The van der Waals surface area contributed by atoms with E-state index >= 15 is 0 Å². The van der Waals surface area contributed by atoms with Crippen LogP contribution in [0.15, 0.2) is 66.7 Å². The van der Waals surface area contributed by atoms with Gasteiger partial charge in [-0.25, -0.2) is 4.79 Å². The highest BCUT2D eigenvalue weighted by molar-refractivity contribution is 5.96. The molecular formula is C43H52N6O4. The maximum Gasteiger partial charge on any atom is 0.410 e. The topological polar surface area (TPSA) is 83.5 Å². The minimum Gasteiger partial charge on any atom is -0.489 e. The van der Waals surface area contributed by atoms with Gasteiger partial charge >= 0.3 is 12.1 Å². The summed E-state index contributed by atoms with van der Waals surface area (Å²) in [6, 6.07) is 23.9. The van der Waals surface area contributed by atoms with Crippen LogP contribution in [0.4, 0.5) is 16.3 Å². The first-order chi connectivity index (χ1) is 25.7. The number of benzene rings is 3. The van der Waals surface area contributed by atoms with E-state index in [1.807, 2.05) is 43.9 Å². The van der Waals surface area contributed by atoms with E-state index in [4.69, 9.17) is 24.2 Å². The molecule has 0 unspecified atom stereocenters. The fourth-order valence-electron chi connectivity index (χ4n) is 9.62. The number of hydrogen-bond acceptors (Lipinski definition) is 9. The van der Waals surface area contributed by atoms with Gasteiger partial charge in [-0.2, -0.15) is 9.97 Å². The Morgan fingerprint density at radius 1 is 0.868 bits per heavy atom. The lowest BCUT2D eigenvalue weighted by molar-refractivity contribution is 0.0122. The summed E-state index contributed by atoms with van der Waals surface area (Å²) in [5.41, 5.74) is 4.08. The number of carbonyl (C=O) groups is 1. The zero-order valence-electron chi connectivity index (χ0n) is 31.4. The highest BCUT2D eigenvalue weighted by Gasteiger charge is 2.47. The maximum atomic E-state index is 13.3. The van der Waals surface area contributed by atoms with Crippen molar-refractivity contribution in [3.63, 3.8) is 0 Å². The Bertz CT molecular complexity index is 1960. The molecule has 0 radical (unpaired) electrons. The van der Waals surface area contributed by atoms with Gasteiger partial charge in [0.25, 0.3) is 0 Å². The number of amides is 1. The summed E-state index contributed by atoms with van der Waals surface area (Å²) in [6.07, 6.45) is 7.34. The molecule has 5 aliphatic heterocycles. The van der Waals surface area contributed by atoms with Crippen molar-refractivity contribution in [1.29, 1.82) is 0 Å². The number of nitrogens with zero attached hydrogens (tertiary/aromatic N) is 6. The van der Waals surface area contributed by atoms with Crippen molar-refractivity contribution in [2.45, 2.75) is 102 Å². The van der Waals surface area contributed by atoms with Gasteiger partial charge in [0.15, 0.2) is 0 Å². The van der Waals surface area contributed by atoms with Crippen LogP contribution in [0.3, 0.4) is 0 Å². The molecule has 1 amide bonds. The lowest BCUT2D eigenvalue weighted by atomic mass is 9.95. The Hall–Kier alpha value is -4.57. The second-order valence-corrected chi connectivity index (χ2v) is 16.7. The molecule has 0 spiro atoms. The van der Waals surface area contributed by atoms with Gasteiger partial charge in [0.05, 0.1) is 29.9 Å². The summed E-state index contributed by atoms with van der Waals surface area (Å²) >= 11 is 0. The largest absolute Gasteiger partial charge is 0.489 e. The molecule has 4 aromatic rings. The van der Waals surface area contributed by atoms with Crippen LogP contribution < -0.4 is 19.3 Å². The van der Waals surface area contributed by atoms with Crippen molar-refractivity contribution in [3.05, 3.63) is 83.6 Å². The van der Waals surface area contributed by atoms with Crippen LogP contribution in [0.25, 0.3) is 10.8 Å². The molecule has 4 saturated heterocycles. The average molecular weight is 717 g/mol. The molecule has 1 aromatic heterocycles. The Morgan fingerprint density at radius 2 is 1.60 bits per heavy atom. The van der Waals surface area contributed by atoms with Crippen LogP contribution in [0.5, 0.6) is 11.8 Å². The molecule has 5 aliphatic rings. The van der Waals surface area contributed by atoms with Crippen molar-refractivity contribution >= 4 is 28.4 Å². The second-order valence-electron chi connectivity index (χ2n) is 16.7. The third kappa shape index (κ3) is 6.75. The third-order valence-corrected chi connectivity index (χ3v) is 12.1. The summed E-state index contributed by atoms with van der Waals surface area (Å²) < 4.78 is 18.9. The van der Waals surface area contributed by atoms with Crippen LogP contribution in [-0.2, 0) is 24.3 Å². The van der Waals surface area contributed by atoms with Gasteiger partial charge in [0.1, 0.15) is 30.4 Å². The molecule has 53 heavy (non-hydrogen) atoms. The molecule has 4 fully saturated rings. The first-order valence-corrected chi connectivity index (χ1v) is 19.7. The van der Waals surface area contributed by atoms with Gasteiger partial charge in [-0.3, -0.25) is 9.80 Å². The van der Waals surface area contributed by atoms with Crippen LogP contribution >= 0.6 is 0 Å². The first kappa shape index (κ1) is 34.2. The molecule has 0 saturated carbocycles. The summed E-state index contributed by atoms with van der Waals surface area (Å²) in [5.74, 6) is 1.83. The molecule has 10 nitrogen and oxygen atoms in total. The number of fused-ring (bicyclic) bond motifs is 5. The minimum absolute atomic E-state index is 0.0908. The lowest BCUT2D eigenvalue weighted by Gasteiger charge is -2.43. The van der Waals surface area contributed by atoms with Crippen molar-refractivity contribution in [2.75, 3.05) is 49.1 Å². The number of hydrogen-bond donors (Lipinski definition) is 0. The third-order valence-electron chi connectivity index (χ3n) is 12.1. The molecule has 278 valence electrons. The van der Waals surface area contributed by atoms with Gasteiger partial charge in [-0.05, 0) is 95.8 Å². The Kier molecular flexibility index (Phi) is 8.84. The Morgan fingerprint density at radius 3 is 2.36 bits per heavy atom. The number of ether oxygens (including phenoxy) is 3.